The number of nitrogen functional groups attached to an aromatic ring is 1. The average molecular weight is 348 g/mol. The Labute approximate surface area is 149 Å². The van der Waals surface area contributed by atoms with E-state index in [1.807, 2.05) is 43.3 Å². The van der Waals surface area contributed by atoms with Crippen molar-refractivity contribution in [3.05, 3.63) is 54.6 Å². The first-order valence-electron chi connectivity index (χ1n) is 7.90. The second kappa shape index (κ2) is 6.32. The number of rotatable bonds is 4. The van der Waals surface area contributed by atoms with Crippen LogP contribution in [0.3, 0.4) is 0 Å². The van der Waals surface area contributed by atoms with Crippen LogP contribution in [0.2, 0.25) is 0 Å². The molecule has 0 bridgehead atoms. The summed E-state index contributed by atoms with van der Waals surface area (Å²) in [5.74, 6) is 1.60. The predicted octanol–water partition coefficient (Wildman–Crippen LogP) is 2.88. The van der Waals surface area contributed by atoms with Crippen LogP contribution in [0.5, 0.6) is 17.6 Å². The maximum Gasteiger partial charge on any atom is 0.322 e. The standard InChI is InChI=1S/C18H16N6O2/c1-11-7-8-20-18(23-11)26-13-5-3-12(4-6-13)14-9-15(25-2)24-16(14)17(19)21-10-22-24/h3-10H,1-2H3,(H2,19,21,22). The first-order chi connectivity index (χ1) is 12.7. The lowest BCUT2D eigenvalue weighted by molar-refractivity contribution is 0.387. The Bertz CT molecular complexity index is 1070. The van der Waals surface area contributed by atoms with Gasteiger partial charge in [-0.15, -0.1) is 0 Å². The van der Waals surface area contributed by atoms with Crippen LogP contribution in [0.15, 0.2) is 48.9 Å². The zero-order chi connectivity index (χ0) is 18.1. The normalized spacial score (nSPS) is 10.8. The summed E-state index contributed by atoms with van der Waals surface area (Å²) in [5, 5.41) is 4.20. The molecule has 0 aliphatic heterocycles. The molecular formula is C18H16N6O2. The van der Waals surface area contributed by atoms with Crippen LogP contribution in [-0.4, -0.2) is 31.7 Å². The van der Waals surface area contributed by atoms with Crippen molar-refractivity contribution in [3.63, 3.8) is 0 Å². The lowest BCUT2D eigenvalue weighted by Gasteiger charge is -2.06. The fourth-order valence-electron chi connectivity index (χ4n) is 2.69. The van der Waals surface area contributed by atoms with Gasteiger partial charge in [-0.25, -0.2) is 15.0 Å². The highest BCUT2D eigenvalue weighted by molar-refractivity contribution is 5.89. The van der Waals surface area contributed by atoms with E-state index in [0.29, 0.717) is 29.0 Å². The Kier molecular flexibility index (Phi) is 3.85. The molecule has 0 atom stereocenters. The highest BCUT2D eigenvalue weighted by Crippen LogP contribution is 2.34. The minimum absolute atomic E-state index is 0.311. The largest absolute Gasteiger partial charge is 0.481 e. The molecule has 2 N–H and O–H groups in total. The molecule has 3 aromatic heterocycles. The molecule has 0 unspecified atom stereocenters. The summed E-state index contributed by atoms with van der Waals surface area (Å²) in [6.07, 6.45) is 3.06. The van der Waals surface area contributed by atoms with E-state index in [4.69, 9.17) is 15.2 Å². The van der Waals surface area contributed by atoms with Gasteiger partial charge in [-0.1, -0.05) is 12.1 Å². The molecule has 0 aliphatic rings. The lowest BCUT2D eigenvalue weighted by atomic mass is 10.1. The smallest absolute Gasteiger partial charge is 0.322 e. The molecule has 0 saturated carbocycles. The molecule has 0 aliphatic carbocycles. The number of benzene rings is 1. The molecule has 3 heterocycles. The minimum atomic E-state index is 0.311. The van der Waals surface area contributed by atoms with Gasteiger partial charge in [0.25, 0.3) is 0 Å². The molecule has 8 nitrogen and oxygen atoms in total. The van der Waals surface area contributed by atoms with Crippen LogP contribution in [-0.2, 0) is 0 Å². The second-order valence-electron chi connectivity index (χ2n) is 5.61. The number of ether oxygens (including phenoxy) is 2. The monoisotopic (exact) mass is 348 g/mol. The van der Waals surface area contributed by atoms with Crippen molar-refractivity contribution in [1.82, 2.24) is 24.6 Å². The SMILES string of the molecule is COc1cc(-c2ccc(Oc3nccc(C)n3)cc2)c2c(N)ncnn12. The van der Waals surface area contributed by atoms with Crippen molar-refractivity contribution in [1.29, 1.82) is 0 Å². The minimum Gasteiger partial charge on any atom is -0.481 e. The number of methoxy groups -OCH3 is 1. The molecule has 0 amide bonds. The van der Waals surface area contributed by atoms with Crippen molar-refractivity contribution < 1.29 is 9.47 Å². The van der Waals surface area contributed by atoms with E-state index in [1.165, 1.54) is 6.33 Å². The summed E-state index contributed by atoms with van der Waals surface area (Å²) < 4.78 is 12.7. The third-order valence-electron chi connectivity index (χ3n) is 3.91. The molecular weight excluding hydrogens is 332 g/mol. The van der Waals surface area contributed by atoms with Gasteiger partial charge >= 0.3 is 6.01 Å². The number of nitrogens with two attached hydrogens (primary N) is 1. The summed E-state index contributed by atoms with van der Waals surface area (Å²) in [6, 6.07) is 11.5. The van der Waals surface area contributed by atoms with Crippen molar-refractivity contribution in [2.45, 2.75) is 6.92 Å². The number of hydrogen-bond donors (Lipinski definition) is 1. The van der Waals surface area contributed by atoms with E-state index in [1.54, 1.807) is 17.8 Å². The van der Waals surface area contributed by atoms with E-state index in [2.05, 4.69) is 20.1 Å². The van der Waals surface area contributed by atoms with Crippen LogP contribution < -0.4 is 15.2 Å². The van der Waals surface area contributed by atoms with Crippen LogP contribution in [0.1, 0.15) is 5.69 Å². The number of hydrogen-bond acceptors (Lipinski definition) is 7. The topological polar surface area (TPSA) is 100 Å². The van der Waals surface area contributed by atoms with E-state index in [-0.39, 0.29) is 0 Å². The van der Waals surface area contributed by atoms with Gasteiger partial charge in [0.1, 0.15) is 17.6 Å². The van der Waals surface area contributed by atoms with Gasteiger partial charge < -0.3 is 15.2 Å². The van der Waals surface area contributed by atoms with Gasteiger partial charge in [0, 0.05) is 23.5 Å². The van der Waals surface area contributed by atoms with Crippen molar-refractivity contribution in [3.8, 4) is 28.8 Å². The van der Waals surface area contributed by atoms with Crippen LogP contribution >= 0.6 is 0 Å². The third kappa shape index (κ3) is 2.77. The zero-order valence-corrected chi connectivity index (χ0v) is 14.2. The number of anilines is 1. The molecule has 26 heavy (non-hydrogen) atoms. The Morgan fingerprint density at radius 2 is 1.88 bits per heavy atom. The summed E-state index contributed by atoms with van der Waals surface area (Å²) in [4.78, 5) is 12.4. The Balaban J connectivity index is 1.70. The molecule has 4 aromatic rings. The summed E-state index contributed by atoms with van der Waals surface area (Å²) in [7, 11) is 1.59. The molecule has 0 radical (unpaired) electrons. The molecule has 0 fully saturated rings. The van der Waals surface area contributed by atoms with Gasteiger partial charge in [-0.05, 0) is 30.7 Å². The molecule has 130 valence electrons. The summed E-state index contributed by atoms with van der Waals surface area (Å²) in [6.45, 7) is 1.88. The van der Waals surface area contributed by atoms with E-state index in [9.17, 15) is 0 Å². The number of nitrogens with zero attached hydrogens (tertiary/aromatic N) is 5. The van der Waals surface area contributed by atoms with Crippen molar-refractivity contribution in [2.75, 3.05) is 12.8 Å². The molecule has 0 saturated heterocycles. The van der Waals surface area contributed by atoms with Crippen molar-refractivity contribution >= 4 is 11.3 Å². The fraction of sp³-hybridized carbons (Fsp3) is 0.111. The van der Waals surface area contributed by atoms with E-state index < -0.39 is 0 Å². The molecule has 1 aromatic carbocycles. The first-order valence-corrected chi connectivity index (χ1v) is 7.90. The zero-order valence-electron chi connectivity index (χ0n) is 14.2. The van der Waals surface area contributed by atoms with Gasteiger partial charge in [0.15, 0.2) is 5.82 Å². The quantitative estimate of drug-likeness (QED) is 0.605. The third-order valence-corrected chi connectivity index (χ3v) is 3.91. The highest BCUT2D eigenvalue weighted by Gasteiger charge is 2.15. The highest BCUT2D eigenvalue weighted by atomic mass is 16.5. The lowest BCUT2D eigenvalue weighted by Crippen LogP contribution is -2.00. The van der Waals surface area contributed by atoms with Gasteiger partial charge in [0.05, 0.1) is 7.11 Å². The van der Waals surface area contributed by atoms with Gasteiger partial charge in [-0.3, -0.25) is 0 Å². The molecule has 8 heteroatoms. The fourth-order valence-corrected chi connectivity index (χ4v) is 2.69. The van der Waals surface area contributed by atoms with Crippen molar-refractivity contribution in [2.24, 2.45) is 0 Å². The van der Waals surface area contributed by atoms with E-state index in [0.717, 1.165) is 16.8 Å². The maximum absolute atomic E-state index is 6.04. The van der Waals surface area contributed by atoms with Crippen LogP contribution in [0.25, 0.3) is 16.6 Å². The second-order valence-corrected chi connectivity index (χ2v) is 5.61. The number of fused-ring (bicyclic) bond motifs is 1. The Hall–Kier alpha value is -3.68. The van der Waals surface area contributed by atoms with Crippen LogP contribution in [0, 0.1) is 6.92 Å². The Morgan fingerprint density at radius 1 is 1.08 bits per heavy atom. The molecule has 4 rings (SSSR count). The first kappa shape index (κ1) is 15.8. The Morgan fingerprint density at radius 3 is 2.62 bits per heavy atom. The molecule has 0 spiro atoms. The van der Waals surface area contributed by atoms with Gasteiger partial charge in [-0.2, -0.15) is 9.61 Å². The van der Waals surface area contributed by atoms with Gasteiger partial charge in [0.2, 0.25) is 5.88 Å². The summed E-state index contributed by atoms with van der Waals surface area (Å²) >= 11 is 0. The average Bonchev–Trinajstić information content (AvgIpc) is 3.03. The summed E-state index contributed by atoms with van der Waals surface area (Å²) in [5.41, 5.74) is 9.38. The van der Waals surface area contributed by atoms with E-state index >= 15 is 0 Å². The van der Waals surface area contributed by atoms with Crippen LogP contribution in [0.4, 0.5) is 5.82 Å². The number of aryl methyl sites for hydroxylation is 1. The maximum atomic E-state index is 6.04. The number of aromatic nitrogens is 5. The predicted molar refractivity (Wildman–Crippen MR) is 96.2 cm³/mol.